The Morgan fingerprint density at radius 2 is 2.20 bits per heavy atom. The summed E-state index contributed by atoms with van der Waals surface area (Å²) >= 11 is 7.11. The largest absolute Gasteiger partial charge is 0.444 e. The van der Waals surface area contributed by atoms with Crippen molar-refractivity contribution in [2.45, 2.75) is 0 Å². The van der Waals surface area contributed by atoms with E-state index in [0.717, 1.165) is 3.71 Å². The smallest absolute Gasteiger partial charge is 0.430 e. The number of hydrogen-bond acceptors (Lipinski definition) is 4. The Bertz CT molecular complexity index is 120. The van der Waals surface area contributed by atoms with Crippen molar-refractivity contribution in [2.24, 2.45) is 0 Å². The van der Waals surface area contributed by atoms with E-state index in [4.69, 9.17) is 0 Å². The van der Waals surface area contributed by atoms with E-state index in [9.17, 15) is 4.79 Å². The molecule has 6 heteroatoms. The summed E-state index contributed by atoms with van der Waals surface area (Å²) in [6.45, 7) is 3.52. The molecule has 0 bridgehead atoms. The van der Waals surface area contributed by atoms with Crippen molar-refractivity contribution in [1.82, 2.24) is 3.71 Å². The number of amides is 1. The topological polar surface area (TPSA) is 29.5 Å². The summed E-state index contributed by atoms with van der Waals surface area (Å²) in [7, 11) is 0. The van der Waals surface area contributed by atoms with Crippen molar-refractivity contribution in [2.75, 3.05) is 6.61 Å². The number of carbonyl (C=O) groups excluding carboxylic acids is 1. The van der Waals surface area contributed by atoms with Crippen LogP contribution in [-0.4, -0.2) is 16.4 Å². The number of ether oxygens (including phenoxy) is 1. The molecule has 0 heterocycles. The Morgan fingerprint density at radius 1 is 1.70 bits per heavy atom. The number of nitrogens with zero attached hydrogens (tertiary/aromatic N) is 1. The zero-order valence-electron chi connectivity index (χ0n) is 4.95. The van der Waals surface area contributed by atoms with Crippen LogP contribution in [-0.2, 0) is 21.8 Å². The molecule has 0 aromatic carbocycles. The van der Waals surface area contributed by atoms with E-state index in [1.165, 1.54) is 6.08 Å². The second-order valence-corrected chi connectivity index (χ2v) is 2.27. The van der Waals surface area contributed by atoms with E-state index in [-0.39, 0.29) is 23.7 Å². The summed E-state index contributed by atoms with van der Waals surface area (Å²) in [6, 6.07) is 0. The van der Waals surface area contributed by atoms with Crippen LogP contribution in [0.4, 0.5) is 4.79 Å². The zero-order valence-corrected chi connectivity index (χ0v) is 7.68. The number of carbonyl (C=O) groups is 1. The van der Waals surface area contributed by atoms with Crippen molar-refractivity contribution >= 4 is 31.7 Å². The molecule has 63 valence electrons. The fourth-order valence-corrected chi connectivity index (χ4v) is 0.303. The summed E-state index contributed by atoms with van der Waals surface area (Å²) in [5, 5.41) is 0. The summed E-state index contributed by atoms with van der Waals surface area (Å²) in [5.74, 6) is 0. The van der Waals surface area contributed by atoms with Gasteiger partial charge in [-0.15, -0.1) is 0 Å². The molecule has 0 rings (SSSR count). The van der Waals surface area contributed by atoms with Gasteiger partial charge in [0.15, 0.2) is 0 Å². The minimum Gasteiger partial charge on any atom is -0.444 e. The van der Waals surface area contributed by atoms with Gasteiger partial charge in [-0.3, -0.25) is 0 Å². The fourth-order valence-electron chi connectivity index (χ4n) is 0.188. The van der Waals surface area contributed by atoms with Gasteiger partial charge in [-0.1, -0.05) is 12.7 Å². The quantitative estimate of drug-likeness (QED) is 0.424. The molecule has 0 unspecified atom stereocenters. The number of hydrogen-bond donors (Lipinski definition) is 2. The molecule has 0 aromatic rings. The minimum atomic E-state index is -0.610. The van der Waals surface area contributed by atoms with E-state index < -0.39 is 6.09 Å². The minimum absolute atomic E-state index is 0. The second-order valence-electron chi connectivity index (χ2n) is 1.16. The zero-order chi connectivity index (χ0) is 7.28. The molecule has 0 spiro atoms. The maximum Gasteiger partial charge on any atom is 0.430 e. The number of thiol groups is 2. The Hall–Kier alpha value is 0.229. The maximum atomic E-state index is 10.4. The molecule has 1 amide bonds. The van der Waals surface area contributed by atoms with Gasteiger partial charge in [-0.25, -0.2) is 4.79 Å². The SMILES string of the molecule is C=CCOC(=O)N(S)S.[Cu]. The van der Waals surface area contributed by atoms with Gasteiger partial charge in [0, 0.05) is 17.1 Å². The van der Waals surface area contributed by atoms with Gasteiger partial charge < -0.3 is 4.74 Å². The average molecular weight is 229 g/mol. The first-order chi connectivity index (χ1) is 4.18. The number of rotatable bonds is 2. The van der Waals surface area contributed by atoms with Crippen LogP contribution in [0.15, 0.2) is 12.7 Å². The molecule has 0 atom stereocenters. The van der Waals surface area contributed by atoms with Crippen LogP contribution in [0.25, 0.3) is 0 Å². The monoisotopic (exact) mass is 228 g/mol. The Labute approximate surface area is 81.4 Å². The van der Waals surface area contributed by atoms with E-state index in [0.29, 0.717) is 0 Å². The first-order valence-corrected chi connectivity index (χ1v) is 2.94. The van der Waals surface area contributed by atoms with Crippen LogP contribution < -0.4 is 0 Å². The van der Waals surface area contributed by atoms with Gasteiger partial charge in [-0.2, -0.15) is 3.71 Å². The van der Waals surface area contributed by atoms with Crippen LogP contribution >= 0.6 is 25.6 Å². The predicted octanol–water partition coefficient (Wildman–Crippen LogP) is 1.30. The first kappa shape index (κ1) is 12.9. The van der Waals surface area contributed by atoms with Crippen LogP contribution in [0.2, 0.25) is 0 Å². The standard InChI is InChI=1S/C4H7NO2S2.Cu/c1-2-3-7-4(6)5(8)9;/h2,8-9H,1,3H2;. The van der Waals surface area contributed by atoms with Crippen molar-refractivity contribution in [1.29, 1.82) is 0 Å². The van der Waals surface area contributed by atoms with E-state index in [1.807, 2.05) is 0 Å². The van der Waals surface area contributed by atoms with Crippen molar-refractivity contribution in [3.05, 3.63) is 12.7 Å². The molecule has 0 aromatic heterocycles. The summed E-state index contributed by atoms with van der Waals surface area (Å²) in [4.78, 5) is 10.4. The van der Waals surface area contributed by atoms with Gasteiger partial charge in [0.1, 0.15) is 6.61 Å². The average Bonchev–Trinajstić information content (AvgIpc) is 1.82. The molecule has 0 saturated heterocycles. The van der Waals surface area contributed by atoms with Crippen LogP contribution in [0.1, 0.15) is 0 Å². The summed E-state index contributed by atoms with van der Waals surface area (Å²) < 4.78 is 5.22. The van der Waals surface area contributed by atoms with Gasteiger partial charge in [-0.05, 0) is 25.6 Å². The van der Waals surface area contributed by atoms with Crippen LogP contribution in [0.5, 0.6) is 0 Å². The van der Waals surface area contributed by atoms with Crippen LogP contribution in [0, 0.1) is 0 Å². The third-order valence-electron chi connectivity index (χ3n) is 0.488. The Kier molecular flexibility index (Phi) is 9.44. The van der Waals surface area contributed by atoms with Crippen molar-refractivity contribution < 1.29 is 26.6 Å². The van der Waals surface area contributed by atoms with E-state index in [1.54, 1.807) is 0 Å². The van der Waals surface area contributed by atoms with Gasteiger partial charge in [0.2, 0.25) is 0 Å². The van der Waals surface area contributed by atoms with Crippen molar-refractivity contribution in [3.8, 4) is 0 Å². The molecule has 0 aliphatic heterocycles. The van der Waals surface area contributed by atoms with Gasteiger partial charge >= 0.3 is 6.09 Å². The third-order valence-corrected chi connectivity index (χ3v) is 0.815. The first-order valence-electron chi connectivity index (χ1n) is 2.14. The maximum absolute atomic E-state index is 10.4. The molecule has 0 aliphatic rings. The van der Waals surface area contributed by atoms with Gasteiger partial charge in [0.25, 0.3) is 0 Å². The normalized spacial score (nSPS) is 7.40. The van der Waals surface area contributed by atoms with Crippen molar-refractivity contribution in [3.63, 3.8) is 0 Å². The Balaban J connectivity index is 0. The molecule has 0 saturated carbocycles. The molecule has 3 nitrogen and oxygen atoms in total. The molecule has 0 N–H and O–H groups in total. The van der Waals surface area contributed by atoms with Crippen LogP contribution in [0.3, 0.4) is 0 Å². The molecule has 0 aliphatic carbocycles. The second kappa shape index (κ2) is 7.34. The molecule has 1 radical (unpaired) electrons. The van der Waals surface area contributed by atoms with E-state index >= 15 is 0 Å². The Morgan fingerprint density at radius 3 is 2.50 bits per heavy atom. The molecular weight excluding hydrogens is 222 g/mol. The predicted molar refractivity (Wildman–Crippen MR) is 41.4 cm³/mol. The molecule has 0 fully saturated rings. The summed E-state index contributed by atoms with van der Waals surface area (Å²) in [6.07, 6.45) is 0.852. The van der Waals surface area contributed by atoms with Gasteiger partial charge in [0.05, 0.1) is 0 Å². The fraction of sp³-hybridized carbons (Fsp3) is 0.250. The molecule has 10 heavy (non-hydrogen) atoms. The molecular formula is C4H7CuNO2S2. The third kappa shape index (κ3) is 6.35. The van der Waals surface area contributed by atoms with E-state index in [2.05, 4.69) is 36.9 Å². The summed E-state index contributed by atoms with van der Waals surface area (Å²) in [5.41, 5.74) is 0.